The van der Waals surface area contributed by atoms with Crippen LogP contribution < -0.4 is 5.32 Å². The minimum absolute atomic E-state index is 0.704. The van der Waals surface area contributed by atoms with Crippen molar-refractivity contribution in [2.75, 3.05) is 11.9 Å². The van der Waals surface area contributed by atoms with Crippen LogP contribution in [0.3, 0.4) is 0 Å². The van der Waals surface area contributed by atoms with E-state index in [2.05, 4.69) is 29.1 Å². The van der Waals surface area contributed by atoms with Crippen LogP contribution in [0, 0.1) is 0 Å². The first-order valence-corrected chi connectivity index (χ1v) is 6.56. The van der Waals surface area contributed by atoms with E-state index in [-0.39, 0.29) is 0 Å². The Labute approximate surface area is 101 Å². The Kier molecular flexibility index (Phi) is 1.82. The molecule has 0 saturated heterocycles. The number of nitrogens with one attached hydrogen (secondary N) is 1. The van der Waals surface area contributed by atoms with Crippen LogP contribution in [0.15, 0.2) is 12.1 Å². The molecule has 17 heavy (non-hydrogen) atoms. The summed E-state index contributed by atoms with van der Waals surface area (Å²) in [6, 6.07) is 4.54. The summed E-state index contributed by atoms with van der Waals surface area (Å²) >= 11 is 0. The van der Waals surface area contributed by atoms with Gasteiger partial charge in [0.2, 0.25) is 0 Å². The number of aryl methyl sites for hydroxylation is 1. The molecular weight excluding hydrogens is 210 g/mol. The van der Waals surface area contributed by atoms with Crippen LogP contribution in [0.5, 0.6) is 0 Å². The highest BCUT2D eigenvalue weighted by atomic mass is 15.1. The molecule has 1 N–H and O–H groups in total. The zero-order valence-corrected chi connectivity index (χ0v) is 10.2. The van der Waals surface area contributed by atoms with Crippen LogP contribution in [0.4, 0.5) is 5.69 Å². The average Bonchev–Trinajstić information content (AvgIpc) is 2.80. The van der Waals surface area contributed by atoms with E-state index in [0.717, 1.165) is 18.5 Å². The highest BCUT2D eigenvalue weighted by Crippen LogP contribution is 2.37. The molecule has 2 aliphatic rings. The van der Waals surface area contributed by atoms with Crippen molar-refractivity contribution in [2.45, 2.75) is 31.6 Å². The predicted octanol–water partition coefficient (Wildman–Crippen LogP) is 2.81. The first-order valence-electron chi connectivity index (χ1n) is 6.56. The molecule has 0 bridgehead atoms. The lowest BCUT2D eigenvalue weighted by Gasteiger charge is -2.24. The molecule has 3 nitrogen and oxygen atoms in total. The van der Waals surface area contributed by atoms with Crippen LogP contribution in [0.25, 0.3) is 11.0 Å². The van der Waals surface area contributed by atoms with Crippen molar-refractivity contribution in [3.05, 3.63) is 23.5 Å². The van der Waals surface area contributed by atoms with Crippen molar-refractivity contribution >= 4 is 16.7 Å². The van der Waals surface area contributed by atoms with Gasteiger partial charge in [-0.15, -0.1) is 0 Å². The number of anilines is 1. The Hall–Kier alpha value is -1.51. The molecule has 1 aromatic carbocycles. The van der Waals surface area contributed by atoms with Gasteiger partial charge < -0.3 is 9.88 Å². The largest absolute Gasteiger partial charge is 0.384 e. The van der Waals surface area contributed by atoms with Gasteiger partial charge in [-0.2, -0.15) is 0 Å². The summed E-state index contributed by atoms with van der Waals surface area (Å²) < 4.78 is 2.30. The van der Waals surface area contributed by atoms with E-state index in [4.69, 9.17) is 4.98 Å². The van der Waals surface area contributed by atoms with Gasteiger partial charge in [-0.1, -0.05) is 6.42 Å². The number of imidazole rings is 1. The van der Waals surface area contributed by atoms with Gasteiger partial charge in [-0.3, -0.25) is 0 Å². The van der Waals surface area contributed by atoms with Gasteiger partial charge in [-0.05, 0) is 37.0 Å². The lowest BCUT2D eigenvalue weighted by molar-refractivity contribution is 0.395. The molecule has 0 atom stereocenters. The van der Waals surface area contributed by atoms with Gasteiger partial charge in [-0.25, -0.2) is 4.98 Å². The second kappa shape index (κ2) is 3.25. The molecule has 0 radical (unpaired) electrons. The number of rotatable bonds is 1. The van der Waals surface area contributed by atoms with E-state index in [1.807, 2.05) is 0 Å². The molecule has 2 heterocycles. The first kappa shape index (κ1) is 9.51. The summed E-state index contributed by atoms with van der Waals surface area (Å²) in [5, 5.41) is 3.43. The van der Waals surface area contributed by atoms with Gasteiger partial charge in [0, 0.05) is 25.2 Å². The molecule has 0 amide bonds. The molecule has 1 aliphatic carbocycles. The molecule has 1 aromatic heterocycles. The Morgan fingerprint density at radius 2 is 2.24 bits per heavy atom. The quantitative estimate of drug-likeness (QED) is 0.812. The van der Waals surface area contributed by atoms with Crippen molar-refractivity contribution in [1.29, 1.82) is 0 Å². The number of nitrogens with zero attached hydrogens (tertiary/aromatic N) is 2. The highest BCUT2D eigenvalue weighted by molar-refractivity contribution is 5.83. The molecule has 1 aliphatic heterocycles. The molecule has 0 spiro atoms. The molecule has 88 valence electrons. The monoisotopic (exact) mass is 227 g/mol. The van der Waals surface area contributed by atoms with E-state index < -0.39 is 0 Å². The van der Waals surface area contributed by atoms with Crippen molar-refractivity contribution in [3.63, 3.8) is 0 Å². The van der Waals surface area contributed by atoms with E-state index in [1.165, 1.54) is 41.9 Å². The van der Waals surface area contributed by atoms with Gasteiger partial charge in [0.1, 0.15) is 5.82 Å². The second-order valence-electron chi connectivity index (χ2n) is 5.33. The highest BCUT2D eigenvalue weighted by Gasteiger charge is 2.25. The molecule has 1 fully saturated rings. The van der Waals surface area contributed by atoms with Gasteiger partial charge in [0.25, 0.3) is 0 Å². The number of hydrogen-bond donors (Lipinski definition) is 1. The maximum absolute atomic E-state index is 4.83. The summed E-state index contributed by atoms with van der Waals surface area (Å²) in [4.78, 5) is 4.83. The van der Waals surface area contributed by atoms with Crippen molar-refractivity contribution in [1.82, 2.24) is 9.55 Å². The van der Waals surface area contributed by atoms with Crippen LogP contribution in [-0.2, 0) is 13.5 Å². The fraction of sp³-hybridized carbons (Fsp3) is 0.500. The normalized spacial score (nSPS) is 19.1. The van der Waals surface area contributed by atoms with E-state index in [0.29, 0.717) is 5.92 Å². The maximum atomic E-state index is 4.83. The molecule has 3 heteroatoms. The minimum atomic E-state index is 0.704. The number of benzene rings is 1. The molecule has 0 unspecified atom stereocenters. The zero-order valence-electron chi connectivity index (χ0n) is 10.2. The predicted molar refractivity (Wildman–Crippen MR) is 69.5 cm³/mol. The lowest BCUT2D eigenvalue weighted by atomic mass is 9.85. The number of hydrogen-bond acceptors (Lipinski definition) is 2. The summed E-state index contributed by atoms with van der Waals surface area (Å²) in [5.74, 6) is 1.99. The van der Waals surface area contributed by atoms with E-state index in [9.17, 15) is 0 Å². The van der Waals surface area contributed by atoms with Crippen LogP contribution in [0.1, 0.15) is 36.6 Å². The molecule has 1 saturated carbocycles. The van der Waals surface area contributed by atoms with E-state index in [1.54, 1.807) is 0 Å². The van der Waals surface area contributed by atoms with Crippen LogP contribution in [-0.4, -0.2) is 16.1 Å². The minimum Gasteiger partial charge on any atom is -0.384 e. The van der Waals surface area contributed by atoms with E-state index >= 15 is 0 Å². The zero-order chi connectivity index (χ0) is 11.4. The Morgan fingerprint density at radius 1 is 1.35 bits per heavy atom. The summed E-state index contributed by atoms with van der Waals surface area (Å²) in [5.41, 5.74) is 5.19. The Balaban J connectivity index is 1.92. The van der Waals surface area contributed by atoms with Crippen molar-refractivity contribution in [2.24, 2.45) is 7.05 Å². The summed E-state index contributed by atoms with van der Waals surface area (Å²) in [6.45, 7) is 1.07. The van der Waals surface area contributed by atoms with Crippen LogP contribution in [0.2, 0.25) is 0 Å². The third kappa shape index (κ3) is 1.25. The third-order valence-electron chi connectivity index (χ3n) is 4.32. The fourth-order valence-electron chi connectivity index (χ4n) is 3.03. The standard InChI is InChI=1S/C14H17N3/c1-17-13-7-10-5-6-15-11(10)8-12(13)16-14(17)9-3-2-4-9/h7-9,15H,2-6H2,1H3. The fourth-order valence-corrected chi connectivity index (χ4v) is 3.03. The van der Waals surface area contributed by atoms with Gasteiger partial charge in [0.15, 0.2) is 0 Å². The number of fused-ring (bicyclic) bond motifs is 2. The van der Waals surface area contributed by atoms with Gasteiger partial charge in [0.05, 0.1) is 11.0 Å². The molecule has 4 rings (SSSR count). The number of aromatic nitrogens is 2. The summed E-state index contributed by atoms with van der Waals surface area (Å²) in [6.07, 6.45) is 5.14. The topological polar surface area (TPSA) is 29.9 Å². The first-order chi connectivity index (χ1) is 8.33. The van der Waals surface area contributed by atoms with Crippen molar-refractivity contribution in [3.8, 4) is 0 Å². The van der Waals surface area contributed by atoms with Crippen molar-refractivity contribution < 1.29 is 0 Å². The SMILES string of the molecule is Cn1c(C2CCC2)nc2cc3c(cc21)CCN3. The lowest BCUT2D eigenvalue weighted by Crippen LogP contribution is -2.13. The Bertz CT molecular complexity index is 593. The molecule has 2 aromatic rings. The average molecular weight is 227 g/mol. The summed E-state index contributed by atoms with van der Waals surface area (Å²) in [7, 11) is 2.16. The van der Waals surface area contributed by atoms with Crippen LogP contribution >= 0.6 is 0 Å². The smallest absolute Gasteiger partial charge is 0.112 e. The van der Waals surface area contributed by atoms with Gasteiger partial charge >= 0.3 is 0 Å². The maximum Gasteiger partial charge on any atom is 0.112 e. The second-order valence-corrected chi connectivity index (χ2v) is 5.33. The molecular formula is C14H17N3. The third-order valence-corrected chi connectivity index (χ3v) is 4.32. The Morgan fingerprint density at radius 3 is 3.00 bits per heavy atom.